The monoisotopic (exact) mass is 1130 g/mol. The lowest BCUT2D eigenvalue weighted by atomic mass is 9.71. The molecular weight excluding hydrogens is 1060 g/mol. The number of thiophene rings is 6. The minimum absolute atomic E-state index is 0.0707. The predicted octanol–water partition coefficient (Wildman–Crippen LogP) is 21.7. The van der Waals surface area contributed by atoms with Crippen LogP contribution in [0.3, 0.4) is 0 Å². The summed E-state index contributed by atoms with van der Waals surface area (Å²) in [5, 5.41) is 0. The molecule has 13 heteroatoms. The van der Waals surface area contributed by atoms with Crippen LogP contribution in [-0.2, 0) is 18.3 Å². The van der Waals surface area contributed by atoms with Gasteiger partial charge in [0.1, 0.15) is 28.2 Å². The van der Waals surface area contributed by atoms with Gasteiger partial charge in [-0.3, -0.25) is 9.98 Å². The minimum atomic E-state index is -0.0707. The molecule has 386 valence electrons. The summed E-state index contributed by atoms with van der Waals surface area (Å²) in [4.78, 5) is 26.3. The number of nitrogens with zero attached hydrogens (tertiary/aromatic N) is 5. The predicted molar refractivity (Wildman–Crippen MR) is 335 cm³/mol. The maximum atomic E-state index is 5.27. The average molecular weight is 1130 g/mol. The molecule has 5 nitrogen and oxygen atoms in total. The van der Waals surface area contributed by atoms with E-state index in [0.29, 0.717) is 0 Å². The van der Waals surface area contributed by atoms with E-state index in [2.05, 4.69) is 101 Å². The van der Waals surface area contributed by atoms with E-state index < -0.39 is 0 Å². The number of unbranched alkanes of at least 4 members (excludes halogenated alkanes) is 12. The zero-order valence-corrected chi connectivity index (χ0v) is 50.3. The van der Waals surface area contributed by atoms with E-state index in [1.807, 2.05) is 74.3 Å². The van der Waals surface area contributed by atoms with E-state index in [0.717, 1.165) is 67.5 Å². The molecule has 0 fully saturated rings. The smallest absolute Gasteiger partial charge is 0.132 e. The van der Waals surface area contributed by atoms with Gasteiger partial charge in [0.15, 0.2) is 0 Å². The van der Waals surface area contributed by atoms with Gasteiger partial charge >= 0.3 is 0 Å². The Labute approximate surface area is 472 Å². The minimum Gasteiger partial charge on any atom is -0.252 e. The maximum absolute atomic E-state index is 5.27. The molecule has 74 heavy (non-hydrogen) atoms. The summed E-state index contributed by atoms with van der Waals surface area (Å²) < 4.78 is 15.0. The van der Waals surface area contributed by atoms with Crippen molar-refractivity contribution in [3.8, 4) is 50.3 Å². The first-order valence-corrected chi connectivity index (χ1v) is 34.1. The van der Waals surface area contributed by atoms with Crippen molar-refractivity contribution in [1.29, 1.82) is 0 Å². The van der Waals surface area contributed by atoms with Gasteiger partial charge in [0.05, 0.1) is 21.5 Å². The van der Waals surface area contributed by atoms with E-state index in [4.69, 9.17) is 29.7 Å². The SMILES string of the molecule is C=C1C(c2cc3c(s2)-c2sc(-c4cnc(-c5ccc(-c6ccc(CCCCCC)s6)s5)c5nsnc45)cc2C3(CCCCCC)CCCCCC)=CN=C(c2ccc(-c3ccc(CCCCCC)s3)s2)/C1=N/SC. The summed E-state index contributed by atoms with van der Waals surface area (Å²) in [6.07, 6.45) is 31.1. The molecular formula is C61H69N5S8. The van der Waals surface area contributed by atoms with Gasteiger partial charge in [-0.15, -0.1) is 68.0 Å². The quantitative estimate of drug-likeness (QED) is 0.0380. The third-order valence-corrected chi connectivity index (χ3v) is 23.1. The summed E-state index contributed by atoms with van der Waals surface area (Å²) in [6, 6.07) is 23.3. The van der Waals surface area contributed by atoms with Crippen molar-refractivity contribution in [2.24, 2.45) is 9.39 Å². The van der Waals surface area contributed by atoms with E-state index in [9.17, 15) is 0 Å². The summed E-state index contributed by atoms with van der Waals surface area (Å²) in [7, 11) is 0. The molecule has 1 aliphatic heterocycles. The van der Waals surface area contributed by atoms with Crippen LogP contribution in [0.5, 0.6) is 0 Å². The average Bonchev–Trinajstić information content (AvgIpc) is 4.28. The standard InChI is InChI=1S/C61H69N5S8/c1-7-11-15-19-23-40-25-27-46(68-40)48-29-31-50(70-48)56-54(64-67-6)39(5)42(37-62-56)52-35-44-59(72-52)60-45(61(44,33-21-17-13-9-3)34-22-18-14-10-4)36-53(73-60)43-38-63-57(58-55(43)65-74-66-58)51-32-30-49(71-51)47-28-26-41(69-47)24-20-16-12-8-2/h25-32,35-38H,5,7-24,33-34H2,1-4,6H3/b64-54+. The largest absolute Gasteiger partial charge is 0.252 e. The highest BCUT2D eigenvalue weighted by atomic mass is 32.2. The molecule has 0 radical (unpaired) electrons. The topological polar surface area (TPSA) is 63.4 Å². The van der Waals surface area contributed by atoms with Crippen molar-refractivity contribution in [2.75, 3.05) is 6.26 Å². The molecule has 0 atom stereocenters. The Balaban J connectivity index is 0.986. The Morgan fingerprint density at radius 1 is 0.541 bits per heavy atom. The summed E-state index contributed by atoms with van der Waals surface area (Å²) >= 11 is 14.2. The first-order valence-electron chi connectivity index (χ1n) is 27.3. The van der Waals surface area contributed by atoms with Gasteiger partial charge in [-0.25, -0.2) is 4.40 Å². The first-order chi connectivity index (χ1) is 36.4. The normalized spacial score (nSPS) is 14.7. The van der Waals surface area contributed by atoms with Crippen molar-refractivity contribution in [2.45, 2.75) is 162 Å². The lowest BCUT2D eigenvalue weighted by Crippen LogP contribution is -2.25. The van der Waals surface area contributed by atoms with Gasteiger partial charge in [0.2, 0.25) is 0 Å². The number of pyridine rings is 1. The lowest BCUT2D eigenvalue weighted by Gasteiger charge is -2.31. The van der Waals surface area contributed by atoms with Crippen LogP contribution in [0.4, 0.5) is 0 Å². The number of hydrogen-bond donors (Lipinski definition) is 0. The summed E-state index contributed by atoms with van der Waals surface area (Å²) in [5.74, 6) is 0. The van der Waals surface area contributed by atoms with Crippen LogP contribution in [0, 0.1) is 0 Å². The molecule has 8 aromatic rings. The van der Waals surface area contributed by atoms with E-state index in [1.165, 1.54) is 199 Å². The van der Waals surface area contributed by atoms with Crippen molar-refractivity contribution in [3.63, 3.8) is 0 Å². The third-order valence-electron chi connectivity index (χ3n) is 14.8. The number of rotatable bonds is 27. The number of aromatic nitrogens is 3. The molecule has 0 saturated heterocycles. The second kappa shape index (κ2) is 25.2. The molecule has 10 rings (SSSR count). The maximum Gasteiger partial charge on any atom is 0.132 e. The molecule has 0 aromatic carbocycles. The summed E-state index contributed by atoms with van der Waals surface area (Å²) in [5.41, 5.74) is 10.7. The van der Waals surface area contributed by atoms with Crippen molar-refractivity contribution >= 4 is 120 Å². The number of fused-ring (bicyclic) bond motifs is 4. The number of aliphatic imine (C=N–C) groups is 1. The number of aryl methyl sites for hydroxylation is 2. The van der Waals surface area contributed by atoms with E-state index in [1.54, 1.807) is 0 Å². The number of allylic oxidation sites excluding steroid dienone is 2. The molecule has 9 heterocycles. The Kier molecular flexibility index (Phi) is 18.3. The van der Waals surface area contributed by atoms with Crippen LogP contribution in [-0.4, -0.2) is 31.4 Å². The zero-order valence-electron chi connectivity index (χ0n) is 43.8. The van der Waals surface area contributed by atoms with E-state index >= 15 is 0 Å². The van der Waals surface area contributed by atoms with Crippen molar-refractivity contribution in [3.05, 3.63) is 116 Å². The Bertz CT molecular complexity index is 3270. The Hall–Kier alpha value is -3.66. The lowest BCUT2D eigenvalue weighted by molar-refractivity contribution is 0.402. The fraction of sp³-hybridized carbons (Fsp3) is 0.426. The molecule has 0 amide bonds. The molecule has 0 N–H and O–H groups in total. The van der Waals surface area contributed by atoms with Crippen molar-refractivity contribution < 1.29 is 0 Å². The highest BCUT2D eigenvalue weighted by Crippen LogP contribution is 2.62. The van der Waals surface area contributed by atoms with Crippen LogP contribution < -0.4 is 0 Å². The van der Waals surface area contributed by atoms with Crippen molar-refractivity contribution in [1.82, 2.24) is 13.7 Å². The van der Waals surface area contributed by atoms with Gasteiger partial charge in [-0.1, -0.05) is 124 Å². The van der Waals surface area contributed by atoms with Gasteiger partial charge in [0.25, 0.3) is 0 Å². The molecule has 0 spiro atoms. The molecule has 0 unspecified atom stereocenters. The first kappa shape index (κ1) is 53.7. The molecule has 1 aliphatic carbocycles. The van der Waals surface area contributed by atoms with Gasteiger partial charge in [-0.05, 0) is 122 Å². The van der Waals surface area contributed by atoms with E-state index in [-0.39, 0.29) is 5.41 Å². The number of hydrogen-bond acceptors (Lipinski definition) is 13. The molecule has 0 bridgehead atoms. The second-order valence-corrected chi connectivity index (χ2v) is 27.7. The highest BCUT2D eigenvalue weighted by molar-refractivity contribution is 7.97. The van der Waals surface area contributed by atoms with Crippen LogP contribution >= 0.6 is 91.7 Å². The van der Waals surface area contributed by atoms with Gasteiger partial charge in [-0.2, -0.15) is 8.75 Å². The Morgan fingerprint density at radius 2 is 1.05 bits per heavy atom. The molecule has 0 saturated carbocycles. The van der Waals surface area contributed by atoms with Gasteiger partial charge < -0.3 is 0 Å². The van der Waals surface area contributed by atoms with Crippen LogP contribution in [0.25, 0.3) is 66.9 Å². The third kappa shape index (κ3) is 11.3. The fourth-order valence-corrected chi connectivity index (χ4v) is 18.8. The van der Waals surface area contributed by atoms with Crippen LogP contribution in [0.15, 0.2) is 94.6 Å². The zero-order chi connectivity index (χ0) is 51.0. The molecule has 2 aliphatic rings. The van der Waals surface area contributed by atoms with Gasteiger partial charge in [0, 0.05) is 89.5 Å². The van der Waals surface area contributed by atoms with Crippen LogP contribution in [0.1, 0.15) is 174 Å². The fourth-order valence-electron chi connectivity index (χ4n) is 10.8. The Morgan fingerprint density at radius 3 is 1.66 bits per heavy atom. The highest BCUT2D eigenvalue weighted by Gasteiger charge is 2.46. The summed E-state index contributed by atoms with van der Waals surface area (Å²) in [6.45, 7) is 14.0. The van der Waals surface area contributed by atoms with Crippen LogP contribution in [0.2, 0.25) is 0 Å². The second-order valence-electron chi connectivity index (χ2n) is 20.0. The molecule has 8 aromatic heterocycles.